The molecule has 6 nitrogen and oxygen atoms in total. The Bertz CT molecular complexity index is 683. The second-order valence-corrected chi connectivity index (χ2v) is 8.36. The van der Waals surface area contributed by atoms with Gasteiger partial charge in [0.2, 0.25) is 15.9 Å². The highest BCUT2D eigenvalue weighted by molar-refractivity contribution is 7.92. The molecule has 0 spiro atoms. The highest BCUT2D eigenvalue weighted by Crippen LogP contribution is 2.27. The van der Waals surface area contributed by atoms with Crippen LogP contribution in [0.5, 0.6) is 0 Å². The number of carbonyl (C=O) groups is 1. The van der Waals surface area contributed by atoms with Crippen LogP contribution in [0.1, 0.15) is 39.7 Å². The minimum absolute atomic E-state index is 0.0364. The van der Waals surface area contributed by atoms with Gasteiger partial charge in [0.15, 0.2) is 0 Å². The number of hydrogen-bond donors (Lipinski definition) is 1. The Morgan fingerprint density at radius 3 is 2.24 bits per heavy atom. The molecule has 0 aliphatic carbocycles. The first-order valence-corrected chi connectivity index (χ1v) is 10.6. The van der Waals surface area contributed by atoms with E-state index in [1.165, 1.54) is 10.6 Å². The predicted molar refractivity (Wildman–Crippen MR) is 105 cm³/mol. The molecule has 0 saturated heterocycles. The van der Waals surface area contributed by atoms with Crippen LogP contribution in [0.2, 0.25) is 0 Å². The van der Waals surface area contributed by atoms with Crippen LogP contribution in [0.4, 0.5) is 11.4 Å². The van der Waals surface area contributed by atoms with Crippen LogP contribution in [-0.4, -0.2) is 46.3 Å². The fourth-order valence-electron chi connectivity index (χ4n) is 2.77. The summed E-state index contributed by atoms with van der Waals surface area (Å²) in [4.78, 5) is 14.1. The van der Waals surface area contributed by atoms with Gasteiger partial charge >= 0.3 is 0 Å². The molecule has 1 amide bonds. The average molecular weight is 370 g/mol. The van der Waals surface area contributed by atoms with Crippen molar-refractivity contribution in [3.63, 3.8) is 0 Å². The van der Waals surface area contributed by atoms with Crippen molar-refractivity contribution in [3.8, 4) is 0 Å². The van der Waals surface area contributed by atoms with Crippen molar-refractivity contribution in [2.75, 3.05) is 35.1 Å². The summed E-state index contributed by atoms with van der Waals surface area (Å²) in [6.07, 6.45) is 1.30. The summed E-state index contributed by atoms with van der Waals surface area (Å²) in [5.74, 6) is -0.152. The van der Waals surface area contributed by atoms with E-state index < -0.39 is 10.0 Å². The van der Waals surface area contributed by atoms with Gasteiger partial charge in [-0.25, -0.2) is 8.42 Å². The molecule has 0 heterocycles. The average Bonchev–Trinajstić information content (AvgIpc) is 2.48. The first-order chi connectivity index (χ1) is 11.6. The van der Waals surface area contributed by atoms with Gasteiger partial charge in [0.1, 0.15) is 0 Å². The number of benzene rings is 1. The van der Waals surface area contributed by atoms with Crippen molar-refractivity contribution >= 4 is 27.3 Å². The number of amides is 1. The molecular formula is C18H31N3O3S. The van der Waals surface area contributed by atoms with Crippen molar-refractivity contribution in [1.82, 2.24) is 5.32 Å². The molecule has 1 aromatic carbocycles. The maximum atomic E-state index is 12.2. The number of carbonyl (C=O) groups excluding carboxylic acids is 1. The lowest BCUT2D eigenvalue weighted by molar-refractivity contribution is -0.121. The Hall–Kier alpha value is -1.76. The van der Waals surface area contributed by atoms with E-state index in [0.717, 1.165) is 24.3 Å². The van der Waals surface area contributed by atoms with E-state index in [1.807, 2.05) is 39.0 Å². The lowest BCUT2D eigenvalue weighted by Gasteiger charge is -2.27. The lowest BCUT2D eigenvalue weighted by Crippen LogP contribution is -2.37. The molecule has 142 valence electrons. The summed E-state index contributed by atoms with van der Waals surface area (Å²) >= 11 is 0. The molecule has 0 radical (unpaired) electrons. The summed E-state index contributed by atoms with van der Waals surface area (Å²) in [5.41, 5.74) is 2.56. The van der Waals surface area contributed by atoms with Crippen molar-refractivity contribution in [2.24, 2.45) is 0 Å². The molecule has 1 aromatic rings. The molecule has 0 aliphatic rings. The number of rotatable bonds is 9. The van der Waals surface area contributed by atoms with Gasteiger partial charge in [0.05, 0.1) is 11.9 Å². The number of hydrogen-bond acceptors (Lipinski definition) is 4. The van der Waals surface area contributed by atoms with Crippen LogP contribution in [0.15, 0.2) is 18.2 Å². The zero-order valence-corrected chi connectivity index (χ0v) is 17.0. The van der Waals surface area contributed by atoms with Gasteiger partial charge in [0, 0.05) is 37.8 Å². The summed E-state index contributed by atoms with van der Waals surface area (Å²) in [6.45, 7) is 11.7. The molecule has 25 heavy (non-hydrogen) atoms. The molecule has 1 rings (SSSR count). The largest absolute Gasteiger partial charge is 0.372 e. The highest BCUT2D eigenvalue weighted by Gasteiger charge is 2.21. The zero-order valence-electron chi connectivity index (χ0n) is 16.2. The Kier molecular flexibility index (Phi) is 7.73. The third-order valence-electron chi connectivity index (χ3n) is 3.97. The minimum Gasteiger partial charge on any atom is -0.372 e. The van der Waals surface area contributed by atoms with Crippen molar-refractivity contribution < 1.29 is 13.2 Å². The second kappa shape index (κ2) is 9.08. The van der Waals surface area contributed by atoms with E-state index in [1.54, 1.807) is 0 Å². The van der Waals surface area contributed by atoms with Crippen LogP contribution in [-0.2, 0) is 14.8 Å². The molecular weight excluding hydrogens is 338 g/mol. The van der Waals surface area contributed by atoms with Crippen LogP contribution >= 0.6 is 0 Å². The molecule has 0 unspecified atom stereocenters. The van der Waals surface area contributed by atoms with E-state index >= 15 is 0 Å². The fraction of sp³-hybridized carbons (Fsp3) is 0.611. The number of aryl methyl sites for hydroxylation is 1. The van der Waals surface area contributed by atoms with Crippen molar-refractivity contribution in [1.29, 1.82) is 0 Å². The maximum Gasteiger partial charge on any atom is 0.232 e. The maximum absolute atomic E-state index is 12.2. The smallest absolute Gasteiger partial charge is 0.232 e. The molecule has 7 heteroatoms. The Morgan fingerprint density at radius 1 is 1.20 bits per heavy atom. The van der Waals surface area contributed by atoms with E-state index in [4.69, 9.17) is 0 Å². The van der Waals surface area contributed by atoms with Crippen LogP contribution in [0.25, 0.3) is 0 Å². The Morgan fingerprint density at radius 2 is 1.80 bits per heavy atom. The molecule has 0 fully saturated rings. The summed E-state index contributed by atoms with van der Waals surface area (Å²) in [7, 11) is -3.47. The SMILES string of the molecule is CCN(CC)c1ccc(N(CCC(=O)NC(C)C)S(C)(=O)=O)c(C)c1. The monoisotopic (exact) mass is 369 g/mol. The van der Waals surface area contributed by atoms with E-state index in [0.29, 0.717) is 5.69 Å². The Labute approximate surface area is 152 Å². The predicted octanol–water partition coefficient (Wildman–Crippen LogP) is 2.52. The van der Waals surface area contributed by atoms with Crippen LogP contribution < -0.4 is 14.5 Å². The van der Waals surface area contributed by atoms with Gasteiger partial charge in [-0.1, -0.05) is 0 Å². The first kappa shape index (κ1) is 21.3. The minimum atomic E-state index is -3.47. The highest BCUT2D eigenvalue weighted by atomic mass is 32.2. The molecule has 0 saturated carbocycles. The van der Waals surface area contributed by atoms with Crippen molar-refractivity contribution in [3.05, 3.63) is 23.8 Å². The topological polar surface area (TPSA) is 69.7 Å². The zero-order chi connectivity index (χ0) is 19.2. The molecule has 0 atom stereocenters. The quantitative estimate of drug-likeness (QED) is 0.726. The van der Waals surface area contributed by atoms with E-state index in [9.17, 15) is 13.2 Å². The molecule has 0 aromatic heterocycles. The summed E-state index contributed by atoms with van der Waals surface area (Å²) in [5, 5.41) is 2.79. The summed E-state index contributed by atoms with van der Waals surface area (Å²) < 4.78 is 25.8. The number of nitrogens with one attached hydrogen (secondary N) is 1. The van der Waals surface area contributed by atoms with Gasteiger partial charge in [-0.05, 0) is 58.4 Å². The molecule has 0 bridgehead atoms. The molecule has 1 N–H and O–H groups in total. The van der Waals surface area contributed by atoms with Gasteiger partial charge in [-0.3, -0.25) is 9.10 Å². The fourth-order valence-corrected chi connectivity index (χ4v) is 3.75. The first-order valence-electron chi connectivity index (χ1n) is 8.72. The van der Waals surface area contributed by atoms with Gasteiger partial charge in [-0.15, -0.1) is 0 Å². The number of sulfonamides is 1. The number of anilines is 2. The lowest BCUT2D eigenvalue weighted by atomic mass is 10.1. The van der Waals surface area contributed by atoms with Crippen LogP contribution in [0.3, 0.4) is 0 Å². The van der Waals surface area contributed by atoms with Crippen LogP contribution in [0, 0.1) is 6.92 Å². The standard InChI is InChI=1S/C18H31N3O3S/c1-7-20(8-2)16-9-10-17(15(5)13-16)21(25(6,23)24)12-11-18(22)19-14(3)4/h9-10,13-14H,7-8,11-12H2,1-6H3,(H,19,22). The summed E-state index contributed by atoms with van der Waals surface area (Å²) in [6, 6.07) is 5.79. The van der Waals surface area contributed by atoms with Gasteiger partial charge in [-0.2, -0.15) is 0 Å². The second-order valence-electron chi connectivity index (χ2n) is 6.45. The van der Waals surface area contributed by atoms with Gasteiger partial charge < -0.3 is 10.2 Å². The molecule has 0 aliphatic heterocycles. The van der Waals surface area contributed by atoms with E-state index in [-0.39, 0.29) is 24.9 Å². The Balaban J connectivity index is 3.06. The normalized spacial score (nSPS) is 11.5. The van der Waals surface area contributed by atoms with E-state index in [2.05, 4.69) is 24.1 Å². The third kappa shape index (κ3) is 6.23. The van der Waals surface area contributed by atoms with Gasteiger partial charge in [0.25, 0.3) is 0 Å². The number of nitrogens with zero attached hydrogens (tertiary/aromatic N) is 2. The van der Waals surface area contributed by atoms with Crippen molar-refractivity contribution in [2.45, 2.75) is 47.1 Å². The third-order valence-corrected chi connectivity index (χ3v) is 5.15.